The minimum atomic E-state index is 0.0257. The molecule has 128 valence electrons. The highest BCUT2D eigenvalue weighted by Gasteiger charge is 2.22. The number of ether oxygens (including phenoxy) is 2. The average Bonchev–Trinajstić information content (AvgIpc) is 2.60. The van der Waals surface area contributed by atoms with Crippen LogP contribution < -0.4 is 19.7 Å². The maximum atomic E-state index is 11.2. The Morgan fingerprint density at radius 1 is 1.17 bits per heavy atom. The van der Waals surface area contributed by atoms with E-state index < -0.39 is 0 Å². The number of piperidine rings is 1. The third kappa shape index (κ3) is 3.20. The van der Waals surface area contributed by atoms with E-state index in [1.165, 1.54) is 0 Å². The fourth-order valence-electron chi connectivity index (χ4n) is 3.14. The third-order valence-corrected chi connectivity index (χ3v) is 4.32. The molecular formula is C17H22N4O3. The zero-order chi connectivity index (χ0) is 17.1. The van der Waals surface area contributed by atoms with E-state index >= 15 is 0 Å². The quantitative estimate of drug-likeness (QED) is 0.920. The molecule has 1 N–H and O–H groups in total. The van der Waals surface area contributed by atoms with Crippen molar-refractivity contribution in [3.63, 3.8) is 0 Å². The Hall–Kier alpha value is -2.57. The second-order valence-electron chi connectivity index (χ2n) is 5.88. The van der Waals surface area contributed by atoms with Gasteiger partial charge in [0.15, 0.2) is 11.5 Å². The van der Waals surface area contributed by atoms with Crippen LogP contribution in [0.1, 0.15) is 19.8 Å². The van der Waals surface area contributed by atoms with E-state index in [2.05, 4.69) is 20.2 Å². The summed E-state index contributed by atoms with van der Waals surface area (Å²) in [6.07, 6.45) is 3.38. The summed E-state index contributed by atoms with van der Waals surface area (Å²) < 4.78 is 10.7. The fraction of sp³-hybridized carbons (Fsp3) is 0.471. The lowest BCUT2D eigenvalue weighted by atomic mass is 10.0. The highest BCUT2D eigenvalue weighted by molar-refractivity contribution is 5.92. The monoisotopic (exact) mass is 330 g/mol. The maximum Gasteiger partial charge on any atom is 0.217 e. The minimum absolute atomic E-state index is 0.0257. The molecule has 0 unspecified atom stereocenters. The summed E-state index contributed by atoms with van der Waals surface area (Å²) in [6.45, 7) is 3.24. The Balaban J connectivity index is 1.89. The van der Waals surface area contributed by atoms with Crippen molar-refractivity contribution >= 4 is 22.6 Å². The lowest BCUT2D eigenvalue weighted by Gasteiger charge is -2.33. The van der Waals surface area contributed by atoms with Gasteiger partial charge in [-0.2, -0.15) is 0 Å². The Kier molecular flexibility index (Phi) is 4.69. The van der Waals surface area contributed by atoms with Gasteiger partial charge in [0, 0.05) is 37.5 Å². The van der Waals surface area contributed by atoms with E-state index in [4.69, 9.17) is 9.47 Å². The number of methoxy groups -OCH3 is 2. The Labute approximate surface area is 141 Å². The van der Waals surface area contributed by atoms with Crippen molar-refractivity contribution in [2.45, 2.75) is 25.8 Å². The predicted octanol–water partition coefficient (Wildman–Crippen LogP) is 1.75. The Morgan fingerprint density at radius 3 is 2.46 bits per heavy atom. The molecule has 0 aliphatic carbocycles. The molecular weight excluding hydrogens is 308 g/mol. The van der Waals surface area contributed by atoms with Gasteiger partial charge in [0.05, 0.1) is 19.7 Å². The molecule has 1 aliphatic heterocycles. The van der Waals surface area contributed by atoms with Crippen LogP contribution in [-0.2, 0) is 4.79 Å². The highest BCUT2D eigenvalue weighted by Crippen LogP contribution is 2.35. The number of nitrogens with one attached hydrogen (secondary N) is 1. The molecule has 7 heteroatoms. The van der Waals surface area contributed by atoms with Crippen LogP contribution in [0.4, 0.5) is 5.82 Å². The molecule has 0 spiro atoms. The predicted molar refractivity (Wildman–Crippen MR) is 91.7 cm³/mol. The van der Waals surface area contributed by atoms with Gasteiger partial charge in [0.2, 0.25) is 5.91 Å². The number of hydrogen-bond acceptors (Lipinski definition) is 6. The van der Waals surface area contributed by atoms with Crippen molar-refractivity contribution in [1.82, 2.24) is 15.3 Å². The van der Waals surface area contributed by atoms with E-state index in [9.17, 15) is 4.79 Å². The summed E-state index contributed by atoms with van der Waals surface area (Å²) in [6, 6.07) is 4.02. The summed E-state index contributed by atoms with van der Waals surface area (Å²) >= 11 is 0. The van der Waals surface area contributed by atoms with Gasteiger partial charge in [0.1, 0.15) is 12.1 Å². The van der Waals surface area contributed by atoms with Gasteiger partial charge in [-0.25, -0.2) is 9.97 Å². The van der Waals surface area contributed by atoms with Crippen molar-refractivity contribution in [1.29, 1.82) is 0 Å². The smallest absolute Gasteiger partial charge is 0.217 e. The summed E-state index contributed by atoms with van der Waals surface area (Å²) in [4.78, 5) is 22.3. The number of aromatic nitrogens is 2. The van der Waals surface area contributed by atoms with Crippen LogP contribution in [0.25, 0.3) is 10.9 Å². The molecule has 1 aromatic heterocycles. The van der Waals surface area contributed by atoms with Crippen LogP contribution in [0.2, 0.25) is 0 Å². The first-order valence-corrected chi connectivity index (χ1v) is 8.01. The summed E-state index contributed by atoms with van der Waals surface area (Å²) in [7, 11) is 3.23. The Bertz CT molecular complexity index is 742. The lowest BCUT2D eigenvalue weighted by molar-refractivity contribution is -0.119. The summed E-state index contributed by atoms with van der Waals surface area (Å²) in [5, 5.41) is 3.93. The number of hydrogen-bond donors (Lipinski definition) is 1. The molecule has 2 heterocycles. The zero-order valence-corrected chi connectivity index (χ0v) is 14.2. The molecule has 1 aromatic carbocycles. The molecule has 0 radical (unpaired) electrons. The molecule has 0 bridgehead atoms. The van der Waals surface area contributed by atoms with Crippen LogP contribution in [0.3, 0.4) is 0 Å². The number of fused-ring (bicyclic) bond motifs is 1. The van der Waals surface area contributed by atoms with Gasteiger partial charge in [0.25, 0.3) is 0 Å². The zero-order valence-electron chi connectivity index (χ0n) is 14.2. The SMILES string of the molecule is COc1cc2ncnc(N3CCC(NC(C)=O)CC3)c2cc1OC. The highest BCUT2D eigenvalue weighted by atomic mass is 16.5. The van der Waals surface area contributed by atoms with Crippen LogP contribution in [-0.4, -0.2) is 49.2 Å². The standard InChI is InChI=1S/C17H22N4O3/c1-11(22)20-12-4-6-21(7-5-12)17-13-8-15(23-2)16(24-3)9-14(13)18-10-19-17/h8-10,12H,4-7H2,1-3H3,(H,20,22). The summed E-state index contributed by atoms with van der Waals surface area (Å²) in [5.74, 6) is 2.23. The number of amides is 1. The van der Waals surface area contributed by atoms with E-state index in [0.29, 0.717) is 11.5 Å². The van der Waals surface area contributed by atoms with Gasteiger partial charge >= 0.3 is 0 Å². The largest absolute Gasteiger partial charge is 0.493 e. The molecule has 7 nitrogen and oxygen atoms in total. The van der Waals surface area contributed by atoms with Crippen molar-refractivity contribution in [3.8, 4) is 11.5 Å². The number of nitrogens with zero attached hydrogens (tertiary/aromatic N) is 3. The van der Waals surface area contributed by atoms with E-state index in [1.807, 2.05) is 12.1 Å². The van der Waals surface area contributed by atoms with E-state index in [0.717, 1.165) is 42.7 Å². The maximum absolute atomic E-state index is 11.2. The molecule has 1 saturated heterocycles. The number of carbonyl (C=O) groups is 1. The average molecular weight is 330 g/mol. The number of rotatable bonds is 4. The minimum Gasteiger partial charge on any atom is -0.493 e. The molecule has 0 atom stereocenters. The van der Waals surface area contributed by atoms with Crippen molar-refractivity contribution in [2.24, 2.45) is 0 Å². The van der Waals surface area contributed by atoms with Gasteiger partial charge < -0.3 is 19.7 Å². The molecule has 1 aliphatic rings. The van der Waals surface area contributed by atoms with Crippen LogP contribution >= 0.6 is 0 Å². The molecule has 24 heavy (non-hydrogen) atoms. The van der Waals surface area contributed by atoms with E-state index in [-0.39, 0.29) is 11.9 Å². The summed E-state index contributed by atoms with van der Waals surface area (Å²) in [5.41, 5.74) is 0.821. The molecule has 1 fully saturated rings. The van der Waals surface area contributed by atoms with E-state index in [1.54, 1.807) is 27.5 Å². The number of anilines is 1. The van der Waals surface area contributed by atoms with Gasteiger partial charge in [-0.15, -0.1) is 0 Å². The second kappa shape index (κ2) is 6.90. The van der Waals surface area contributed by atoms with Crippen molar-refractivity contribution in [2.75, 3.05) is 32.2 Å². The van der Waals surface area contributed by atoms with Gasteiger partial charge in [-0.05, 0) is 18.9 Å². The third-order valence-electron chi connectivity index (χ3n) is 4.32. The first kappa shape index (κ1) is 16.3. The molecule has 0 saturated carbocycles. The van der Waals surface area contributed by atoms with Crippen LogP contribution in [0.5, 0.6) is 11.5 Å². The molecule has 3 rings (SSSR count). The fourth-order valence-corrected chi connectivity index (χ4v) is 3.14. The lowest BCUT2D eigenvalue weighted by Crippen LogP contribution is -2.44. The number of benzene rings is 1. The molecule has 2 aromatic rings. The van der Waals surface area contributed by atoms with Crippen molar-refractivity contribution in [3.05, 3.63) is 18.5 Å². The van der Waals surface area contributed by atoms with Crippen molar-refractivity contribution < 1.29 is 14.3 Å². The molecule has 1 amide bonds. The Morgan fingerprint density at radius 2 is 1.83 bits per heavy atom. The number of carbonyl (C=O) groups excluding carboxylic acids is 1. The van der Waals surface area contributed by atoms with Gasteiger partial charge in [-0.1, -0.05) is 0 Å². The van der Waals surface area contributed by atoms with Crippen LogP contribution in [0.15, 0.2) is 18.5 Å². The second-order valence-corrected chi connectivity index (χ2v) is 5.88. The van der Waals surface area contributed by atoms with Crippen LogP contribution in [0, 0.1) is 0 Å². The van der Waals surface area contributed by atoms with Gasteiger partial charge in [-0.3, -0.25) is 4.79 Å². The topological polar surface area (TPSA) is 76.6 Å². The first-order valence-electron chi connectivity index (χ1n) is 8.01. The first-order chi connectivity index (χ1) is 11.6. The normalized spacial score (nSPS) is 15.4.